The molecule has 1 aliphatic carbocycles. The number of benzene rings is 1. The van der Waals surface area contributed by atoms with E-state index in [0.29, 0.717) is 12.0 Å². The number of nitrogens with one attached hydrogen (secondary N) is 1. The molecule has 0 bridgehead atoms. The smallest absolute Gasteiger partial charge is 0.251 e. The summed E-state index contributed by atoms with van der Waals surface area (Å²) in [6, 6.07) is 6.11. The minimum Gasteiger partial charge on any atom is -0.349 e. The second-order valence-electron chi connectivity index (χ2n) is 5.25. The molecule has 1 amide bonds. The highest BCUT2D eigenvalue weighted by molar-refractivity contribution is 9.10. The van der Waals surface area contributed by atoms with E-state index in [9.17, 15) is 4.79 Å². The Kier molecular flexibility index (Phi) is 4.44. The number of amides is 1. The molecule has 0 spiro atoms. The number of carbonyl (C=O) groups excluding carboxylic acids is 1. The SMILES string of the molecule is Cc1c(Br)cccc1C(=O)NC1CCCCC1C. The van der Waals surface area contributed by atoms with Gasteiger partial charge in [0.05, 0.1) is 0 Å². The lowest BCUT2D eigenvalue weighted by Crippen LogP contribution is -2.41. The van der Waals surface area contributed by atoms with Gasteiger partial charge in [-0.25, -0.2) is 0 Å². The van der Waals surface area contributed by atoms with Crippen molar-refractivity contribution < 1.29 is 4.79 Å². The summed E-state index contributed by atoms with van der Waals surface area (Å²) in [5, 5.41) is 3.19. The van der Waals surface area contributed by atoms with E-state index in [-0.39, 0.29) is 5.91 Å². The van der Waals surface area contributed by atoms with Crippen molar-refractivity contribution in [2.24, 2.45) is 5.92 Å². The highest BCUT2D eigenvalue weighted by Crippen LogP contribution is 2.25. The highest BCUT2D eigenvalue weighted by atomic mass is 79.9. The van der Waals surface area contributed by atoms with Gasteiger partial charge in [0.1, 0.15) is 0 Å². The summed E-state index contributed by atoms with van der Waals surface area (Å²) in [5.74, 6) is 0.655. The first kappa shape index (κ1) is 13.6. The fourth-order valence-electron chi connectivity index (χ4n) is 2.63. The molecule has 0 aromatic heterocycles. The van der Waals surface area contributed by atoms with Crippen LogP contribution in [0.2, 0.25) is 0 Å². The van der Waals surface area contributed by atoms with Crippen LogP contribution in [0.25, 0.3) is 0 Å². The van der Waals surface area contributed by atoms with Gasteiger partial charge in [0.2, 0.25) is 0 Å². The third-order valence-corrected chi connectivity index (χ3v) is 4.80. The van der Waals surface area contributed by atoms with Gasteiger partial charge in [-0.3, -0.25) is 4.79 Å². The summed E-state index contributed by atoms with van der Waals surface area (Å²) in [5.41, 5.74) is 1.79. The van der Waals surface area contributed by atoms with Crippen LogP contribution in [0.3, 0.4) is 0 Å². The van der Waals surface area contributed by atoms with Crippen LogP contribution in [0.4, 0.5) is 0 Å². The van der Waals surface area contributed by atoms with Crippen LogP contribution in [0, 0.1) is 12.8 Å². The predicted molar refractivity (Wildman–Crippen MR) is 77.8 cm³/mol. The van der Waals surface area contributed by atoms with Crippen LogP contribution in [0.5, 0.6) is 0 Å². The molecule has 1 aromatic carbocycles. The lowest BCUT2D eigenvalue weighted by atomic mass is 9.86. The molecule has 1 saturated carbocycles. The van der Waals surface area contributed by atoms with Crippen LogP contribution >= 0.6 is 15.9 Å². The maximum absolute atomic E-state index is 12.3. The standard InChI is InChI=1S/C15H20BrNO/c1-10-6-3-4-9-14(10)17-15(18)12-7-5-8-13(16)11(12)2/h5,7-8,10,14H,3-4,6,9H2,1-2H3,(H,17,18). The van der Waals surface area contributed by atoms with E-state index in [1.807, 2.05) is 25.1 Å². The van der Waals surface area contributed by atoms with Crippen molar-refractivity contribution in [1.82, 2.24) is 5.32 Å². The molecule has 3 heteroatoms. The monoisotopic (exact) mass is 309 g/mol. The van der Waals surface area contributed by atoms with Crippen molar-refractivity contribution in [3.8, 4) is 0 Å². The van der Waals surface area contributed by atoms with Gasteiger partial charge in [-0.15, -0.1) is 0 Å². The Morgan fingerprint density at radius 3 is 2.78 bits per heavy atom. The van der Waals surface area contributed by atoms with E-state index in [0.717, 1.165) is 22.0 Å². The second-order valence-corrected chi connectivity index (χ2v) is 6.11. The van der Waals surface area contributed by atoms with Crippen LogP contribution < -0.4 is 5.32 Å². The van der Waals surface area contributed by atoms with E-state index >= 15 is 0 Å². The number of carbonyl (C=O) groups is 1. The maximum Gasteiger partial charge on any atom is 0.251 e. The first-order valence-corrected chi connectivity index (χ1v) is 7.45. The van der Waals surface area contributed by atoms with Crippen molar-refractivity contribution in [2.45, 2.75) is 45.6 Å². The number of rotatable bonds is 2. The van der Waals surface area contributed by atoms with Gasteiger partial charge in [0.25, 0.3) is 5.91 Å². The summed E-state index contributed by atoms with van der Waals surface area (Å²) in [4.78, 5) is 12.3. The van der Waals surface area contributed by atoms with Crippen LogP contribution in [0.15, 0.2) is 22.7 Å². The highest BCUT2D eigenvalue weighted by Gasteiger charge is 2.23. The summed E-state index contributed by atoms with van der Waals surface area (Å²) in [6.07, 6.45) is 4.86. The summed E-state index contributed by atoms with van der Waals surface area (Å²) < 4.78 is 0.992. The van der Waals surface area contributed by atoms with Crippen molar-refractivity contribution in [3.63, 3.8) is 0 Å². The van der Waals surface area contributed by atoms with E-state index in [1.54, 1.807) is 0 Å². The fraction of sp³-hybridized carbons (Fsp3) is 0.533. The molecule has 98 valence electrons. The Morgan fingerprint density at radius 1 is 1.33 bits per heavy atom. The Labute approximate surface area is 117 Å². The second kappa shape index (κ2) is 5.87. The van der Waals surface area contributed by atoms with Gasteiger partial charge in [0, 0.05) is 16.1 Å². The lowest BCUT2D eigenvalue weighted by molar-refractivity contribution is 0.0909. The summed E-state index contributed by atoms with van der Waals surface area (Å²) in [7, 11) is 0. The molecule has 2 nitrogen and oxygen atoms in total. The quantitative estimate of drug-likeness (QED) is 0.876. The lowest BCUT2D eigenvalue weighted by Gasteiger charge is -2.29. The molecule has 1 aromatic rings. The van der Waals surface area contributed by atoms with Crippen molar-refractivity contribution >= 4 is 21.8 Å². The topological polar surface area (TPSA) is 29.1 Å². The number of hydrogen-bond acceptors (Lipinski definition) is 1. The van der Waals surface area contributed by atoms with Crippen LogP contribution in [0.1, 0.15) is 48.5 Å². The zero-order valence-electron chi connectivity index (χ0n) is 11.0. The third kappa shape index (κ3) is 2.94. The number of hydrogen-bond donors (Lipinski definition) is 1. The molecule has 0 heterocycles. The minimum absolute atomic E-state index is 0.0625. The molecule has 0 radical (unpaired) electrons. The first-order chi connectivity index (χ1) is 8.59. The Hall–Kier alpha value is -0.830. The third-order valence-electron chi connectivity index (χ3n) is 3.94. The zero-order valence-corrected chi connectivity index (χ0v) is 12.6. The van der Waals surface area contributed by atoms with Gasteiger partial charge >= 0.3 is 0 Å². The molecule has 0 saturated heterocycles. The molecule has 1 N–H and O–H groups in total. The number of halogens is 1. The molecule has 2 rings (SSSR count). The minimum atomic E-state index is 0.0625. The Bertz CT molecular complexity index is 444. The zero-order chi connectivity index (χ0) is 13.1. The van der Waals surface area contributed by atoms with Crippen molar-refractivity contribution in [1.29, 1.82) is 0 Å². The van der Waals surface area contributed by atoms with Gasteiger partial charge in [0.15, 0.2) is 0 Å². The summed E-state index contributed by atoms with van der Waals surface area (Å²) in [6.45, 7) is 4.21. The summed E-state index contributed by atoms with van der Waals surface area (Å²) >= 11 is 3.47. The van der Waals surface area contributed by atoms with Gasteiger partial charge in [-0.2, -0.15) is 0 Å². The van der Waals surface area contributed by atoms with E-state index in [4.69, 9.17) is 0 Å². The average Bonchev–Trinajstić information content (AvgIpc) is 2.35. The Balaban J connectivity index is 2.09. The average molecular weight is 310 g/mol. The predicted octanol–water partition coefficient (Wildman–Crippen LogP) is 4.07. The normalized spacial score (nSPS) is 23.7. The largest absolute Gasteiger partial charge is 0.349 e. The van der Waals surface area contributed by atoms with Gasteiger partial charge in [-0.05, 0) is 43.4 Å². The van der Waals surface area contributed by atoms with E-state index < -0.39 is 0 Å². The first-order valence-electron chi connectivity index (χ1n) is 6.65. The van der Waals surface area contributed by atoms with Gasteiger partial charge in [-0.1, -0.05) is 41.8 Å². The molecule has 2 unspecified atom stereocenters. The molecule has 0 aliphatic heterocycles. The Morgan fingerprint density at radius 2 is 2.06 bits per heavy atom. The van der Waals surface area contributed by atoms with Crippen LogP contribution in [-0.2, 0) is 0 Å². The van der Waals surface area contributed by atoms with Gasteiger partial charge < -0.3 is 5.32 Å². The fourth-order valence-corrected chi connectivity index (χ4v) is 3.00. The van der Waals surface area contributed by atoms with Crippen molar-refractivity contribution in [2.75, 3.05) is 0 Å². The van der Waals surface area contributed by atoms with E-state index in [2.05, 4.69) is 28.2 Å². The molecule has 2 atom stereocenters. The van der Waals surface area contributed by atoms with Crippen LogP contribution in [-0.4, -0.2) is 11.9 Å². The molecule has 18 heavy (non-hydrogen) atoms. The maximum atomic E-state index is 12.3. The van der Waals surface area contributed by atoms with Crippen molar-refractivity contribution in [3.05, 3.63) is 33.8 Å². The molecule has 1 fully saturated rings. The molecular formula is C15H20BrNO. The molecular weight excluding hydrogens is 290 g/mol. The molecule has 1 aliphatic rings. The van der Waals surface area contributed by atoms with E-state index in [1.165, 1.54) is 19.3 Å².